The molecule has 0 atom stereocenters. The second-order valence-corrected chi connectivity index (χ2v) is 6.13. The largest absolute Gasteiger partial charge is 0.346 e. The van der Waals surface area contributed by atoms with E-state index in [1.165, 1.54) is 16.8 Å². The number of nitrogens with one attached hydrogen (secondary N) is 1. The molecule has 7 nitrogen and oxygen atoms in total. The molecule has 0 radical (unpaired) electrons. The Morgan fingerprint density at radius 1 is 1.24 bits per heavy atom. The molecule has 2 heterocycles. The van der Waals surface area contributed by atoms with Crippen molar-refractivity contribution in [2.45, 2.75) is 25.8 Å². The third kappa shape index (κ3) is 3.67. The van der Waals surface area contributed by atoms with Gasteiger partial charge in [-0.15, -0.1) is 0 Å². The molecule has 0 unspecified atom stereocenters. The highest BCUT2D eigenvalue weighted by molar-refractivity contribution is 5.94. The maximum Gasteiger partial charge on any atom is 0.289 e. The topological polar surface area (TPSA) is 80.1 Å². The van der Waals surface area contributed by atoms with Crippen LogP contribution in [0.3, 0.4) is 0 Å². The smallest absolute Gasteiger partial charge is 0.289 e. The number of amides is 2. The fraction of sp³-hybridized carbons (Fsp3) is 0.412. The molecule has 8 heteroatoms. The molecule has 1 aromatic carbocycles. The molecule has 0 bridgehead atoms. The number of benzene rings is 1. The van der Waals surface area contributed by atoms with Crippen LogP contribution in [0.4, 0.5) is 4.39 Å². The molecule has 132 valence electrons. The van der Waals surface area contributed by atoms with Gasteiger partial charge in [-0.2, -0.15) is 5.10 Å². The molecule has 1 fully saturated rings. The number of carbonyl (C=O) groups excluding carboxylic acids is 2. The number of rotatable bonds is 3. The van der Waals surface area contributed by atoms with Crippen LogP contribution in [-0.2, 0) is 7.05 Å². The number of hydrogen-bond donors (Lipinski definition) is 1. The summed E-state index contributed by atoms with van der Waals surface area (Å²) in [7, 11) is 1.67. The van der Waals surface area contributed by atoms with Crippen molar-refractivity contribution in [3.05, 3.63) is 47.3 Å². The van der Waals surface area contributed by atoms with E-state index in [2.05, 4.69) is 15.4 Å². The van der Waals surface area contributed by atoms with E-state index < -0.39 is 5.82 Å². The van der Waals surface area contributed by atoms with Crippen molar-refractivity contribution >= 4 is 11.8 Å². The minimum atomic E-state index is -0.513. The number of hydrogen-bond acceptors (Lipinski definition) is 4. The van der Waals surface area contributed by atoms with Crippen LogP contribution in [0.15, 0.2) is 24.3 Å². The van der Waals surface area contributed by atoms with Gasteiger partial charge in [0.1, 0.15) is 11.6 Å². The molecular weight excluding hydrogens is 325 g/mol. The van der Waals surface area contributed by atoms with E-state index in [1.54, 1.807) is 31.0 Å². The molecule has 1 aliphatic heterocycles. The highest BCUT2D eigenvalue weighted by Crippen LogP contribution is 2.16. The fourth-order valence-electron chi connectivity index (χ4n) is 2.99. The van der Waals surface area contributed by atoms with Gasteiger partial charge >= 0.3 is 0 Å². The van der Waals surface area contributed by atoms with Gasteiger partial charge in [0, 0.05) is 26.2 Å². The van der Waals surface area contributed by atoms with Crippen LogP contribution in [-0.4, -0.2) is 50.6 Å². The van der Waals surface area contributed by atoms with E-state index in [0.717, 1.165) is 0 Å². The van der Waals surface area contributed by atoms with Crippen LogP contribution >= 0.6 is 0 Å². The molecule has 1 N–H and O–H groups in total. The predicted octanol–water partition coefficient (Wildman–Crippen LogP) is 1.30. The molecule has 0 spiro atoms. The summed E-state index contributed by atoms with van der Waals surface area (Å²) >= 11 is 0. The normalized spacial score (nSPS) is 15.2. The van der Waals surface area contributed by atoms with Crippen LogP contribution in [0.2, 0.25) is 0 Å². The van der Waals surface area contributed by atoms with Crippen LogP contribution in [0, 0.1) is 12.7 Å². The first-order valence-electron chi connectivity index (χ1n) is 8.18. The summed E-state index contributed by atoms with van der Waals surface area (Å²) in [6.07, 6.45) is 1.23. The van der Waals surface area contributed by atoms with Crippen molar-refractivity contribution in [1.29, 1.82) is 0 Å². The lowest BCUT2D eigenvalue weighted by Crippen LogP contribution is -2.47. The second-order valence-electron chi connectivity index (χ2n) is 6.13. The van der Waals surface area contributed by atoms with Crippen molar-refractivity contribution in [2.75, 3.05) is 13.1 Å². The Kier molecular flexibility index (Phi) is 4.78. The van der Waals surface area contributed by atoms with Gasteiger partial charge in [0.05, 0.1) is 5.56 Å². The zero-order valence-electron chi connectivity index (χ0n) is 14.2. The van der Waals surface area contributed by atoms with Crippen LogP contribution in [0.5, 0.6) is 0 Å². The summed E-state index contributed by atoms with van der Waals surface area (Å²) in [6, 6.07) is 5.92. The third-order valence-electron chi connectivity index (χ3n) is 4.29. The van der Waals surface area contributed by atoms with E-state index in [-0.39, 0.29) is 29.2 Å². The lowest BCUT2D eigenvalue weighted by atomic mass is 10.0. The molecular formula is C17H20FN5O2. The molecule has 2 aromatic rings. The van der Waals surface area contributed by atoms with Crippen molar-refractivity contribution in [1.82, 2.24) is 25.0 Å². The van der Waals surface area contributed by atoms with E-state index in [9.17, 15) is 14.0 Å². The lowest BCUT2D eigenvalue weighted by molar-refractivity contribution is 0.0692. The zero-order valence-corrected chi connectivity index (χ0v) is 14.2. The molecule has 0 saturated carbocycles. The maximum atomic E-state index is 13.8. The minimum Gasteiger partial charge on any atom is -0.346 e. The van der Waals surface area contributed by atoms with Crippen LogP contribution < -0.4 is 5.32 Å². The molecule has 1 aliphatic rings. The summed E-state index contributed by atoms with van der Waals surface area (Å²) in [6.45, 7) is 2.66. The van der Waals surface area contributed by atoms with Crippen molar-refractivity contribution < 1.29 is 14.0 Å². The zero-order chi connectivity index (χ0) is 18.0. The Bertz CT molecular complexity index is 796. The van der Waals surface area contributed by atoms with E-state index in [1.807, 2.05) is 0 Å². The third-order valence-corrected chi connectivity index (χ3v) is 4.29. The molecule has 3 rings (SSSR count). The Labute approximate surface area is 144 Å². The Morgan fingerprint density at radius 2 is 1.92 bits per heavy atom. The summed E-state index contributed by atoms with van der Waals surface area (Å²) < 4.78 is 15.2. The first kappa shape index (κ1) is 17.1. The first-order chi connectivity index (χ1) is 12.0. The molecule has 1 aromatic heterocycles. The van der Waals surface area contributed by atoms with Gasteiger partial charge in [-0.1, -0.05) is 12.1 Å². The highest BCUT2D eigenvalue weighted by atomic mass is 19.1. The fourth-order valence-corrected chi connectivity index (χ4v) is 2.99. The number of aryl methyl sites for hydroxylation is 2. The molecule has 0 aliphatic carbocycles. The summed E-state index contributed by atoms with van der Waals surface area (Å²) in [5, 5.41) is 6.98. The average Bonchev–Trinajstić information content (AvgIpc) is 2.94. The Hall–Kier alpha value is -2.77. The molecule has 25 heavy (non-hydrogen) atoms. The van der Waals surface area contributed by atoms with Crippen molar-refractivity contribution in [3.8, 4) is 0 Å². The van der Waals surface area contributed by atoms with E-state index >= 15 is 0 Å². The molecule has 2 amide bonds. The summed E-state index contributed by atoms with van der Waals surface area (Å²) in [5.74, 6) is -0.297. The summed E-state index contributed by atoms with van der Waals surface area (Å²) in [4.78, 5) is 30.4. The predicted molar refractivity (Wildman–Crippen MR) is 88.5 cm³/mol. The number of carbonyl (C=O) groups is 2. The van der Waals surface area contributed by atoms with Gasteiger partial charge in [-0.25, -0.2) is 14.1 Å². The quantitative estimate of drug-likeness (QED) is 0.909. The first-order valence-corrected chi connectivity index (χ1v) is 8.18. The van der Waals surface area contributed by atoms with Gasteiger partial charge in [-0.05, 0) is 31.9 Å². The van der Waals surface area contributed by atoms with Crippen LogP contribution in [0.1, 0.15) is 39.6 Å². The number of likely N-dealkylation sites (tertiary alicyclic amines) is 1. The SMILES string of the molecule is Cc1nc(C(=O)NC2CCN(C(=O)c3ccccc3F)CC2)n(C)n1. The Morgan fingerprint density at radius 3 is 2.52 bits per heavy atom. The minimum absolute atomic E-state index is 0.0471. The van der Waals surface area contributed by atoms with Gasteiger partial charge in [-0.3, -0.25) is 9.59 Å². The number of halogens is 1. The number of nitrogens with zero attached hydrogens (tertiary/aromatic N) is 4. The monoisotopic (exact) mass is 345 g/mol. The number of piperidine rings is 1. The Balaban J connectivity index is 1.57. The highest BCUT2D eigenvalue weighted by Gasteiger charge is 2.27. The second kappa shape index (κ2) is 7.00. The lowest BCUT2D eigenvalue weighted by Gasteiger charge is -2.32. The number of aromatic nitrogens is 3. The van der Waals surface area contributed by atoms with Gasteiger partial charge in [0.25, 0.3) is 11.8 Å². The van der Waals surface area contributed by atoms with E-state index in [4.69, 9.17) is 0 Å². The van der Waals surface area contributed by atoms with Gasteiger partial charge < -0.3 is 10.2 Å². The molecule has 1 saturated heterocycles. The standard InChI is InChI=1S/C17H20FN5O2/c1-11-19-15(22(2)21-11)16(24)20-12-7-9-23(10-8-12)17(25)13-5-3-4-6-14(13)18/h3-6,12H,7-10H2,1-2H3,(H,20,24). The average molecular weight is 345 g/mol. The van der Waals surface area contributed by atoms with E-state index in [0.29, 0.717) is 31.8 Å². The maximum absolute atomic E-state index is 13.8. The van der Waals surface area contributed by atoms with Gasteiger partial charge in [0.15, 0.2) is 0 Å². The van der Waals surface area contributed by atoms with Crippen molar-refractivity contribution in [3.63, 3.8) is 0 Å². The van der Waals surface area contributed by atoms with Crippen LogP contribution in [0.25, 0.3) is 0 Å². The summed E-state index contributed by atoms with van der Waals surface area (Å²) in [5.41, 5.74) is 0.0829. The van der Waals surface area contributed by atoms with Crippen molar-refractivity contribution in [2.24, 2.45) is 7.05 Å². The van der Waals surface area contributed by atoms with Gasteiger partial charge in [0.2, 0.25) is 5.82 Å².